The molecule has 0 aliphatic rings. The Kier molecular flexibility index (Phi) is 4.84. The number of hydrogen-bond acceptors (Lipinski definition) is 4. The summed E-state index contributed by atoms with van der Waals surface area (Å²) in [7, 11) is 0. The minimum absolute atomic E-state index is 0.671. The summed E-state index contributed by atoms with van der Waals surface area (Å²) in [4.78, 5) is 5.50. The summed E-state index contributed by atoms with van der Waals surface area (Å²) >= 11 is 1.76. The van der Waals surface area contributed by atoms with Gasteiger partial charge in [0.15, 0.2) is 0 Å². The second-order valence-electron chi connectivity index (χ2n) is 4.03. The highest BCUT2D eigenvalue weighted by molar-refractivity contribution is 7.98. The highest BCUT2D eigenvalue weighted by Gasteiger charge is 2.01. The van der Waals surface area contributed by atoms with Crippen LogP contribution in [0.25, 0.3) is 0 Å². The summed E-state index contributed by atoms with van der Waals surface area (Å²) in [5.74, 6) is 1.70. The molecule has 4 heteroatoms. The van der Waals surface area contributed by atoms with Gasteiger partial charge in [0.2, 0.25) is 5.89 Å². The van der Waals surface area contributed by atoms with Crippen LogP contribution in [0.2, 0.25) is 0 Å². The van der Waals surface area contributed by atoms with E-state index in [1.807, 2.05) is 0 Å². The predicted molar refractivity (Wildman–Crippen MR) is 74.6 cm³/mol. The summed E-state index contributed by atoms with van der Waals surface area (Å²) in [5.41, 5.74) is 1.27. The van der Waals surface area contributed by atoms with Gasteiger partial charge in [-0.25, -0.2) is 4.98 Å². The molecule has 0 saturated carbocycles. The van der Waals surface area contributed by atoms with Crippen molar-refractivity contribution in [3.8, 4) is 0 Å². The van der Waals surface area contributed by atoms with E-state index in [1.54, 1.807) is 18.0 Å². The van der Waals surface area contributed by atoms with Crippen LogP contribution in [0.1, 0.15) is 24.1 Å². The molecule has 1 aromatic heterocycles. The first kappa shape index (κ1) is 13.2. The lowest BCUT2D eigenvalue weighted by Crippen LogP contribution is -2.12. The number of thioether (sulfide) groups is 1. The fraction of sp³-hybridized carbons (Fsp3) is 0.357. The number of aromatic nitrogens is 1. The first-order valence-electron chi connectivity index (χ1n) is 6.09. The Morgan fingerprint density at radius 1 is 1.22 bits per heavy atom. The molecule has 0 atom stereocenters. The monoisotopic (exact) mass is 262 g/mol. The minimum atomic E-state index is 0.671. The Bertz CT molecular complexity index is 479. The summed E-state index contributed by atoms with van der Waals surface area (Å²) in [6.45, 7) is 3.56. The van der Waals surface area contributed by atoms with Gasteiger partial charge in [0, 0.05) is 17.9 Å². The van der Waals surface area contributed by atoms with Crippen LogP contribution in [0.4, 0.5) is 0 Å². The molecule has 1 N–H and O–H groups in total. The summed E-state index contributed by atoms with van der Waals surface area (Å²) in [5, 5.41) is 3.33. The van der Waals surface area contributed by atoms with E-state index in [4.69, 9.17) is 4.42 Å². The van der Waals surface area contributed by atoms with Crippen LogP contribution in [-0.4, -0.2) is 11.2 Å². The third kappa shape index (κ3) is 3.62. The molecular formula is C14H18N2OS. The van der Waals surface area contributed by atoms with Gasteiger partial charge in [0.1, 0.15) is 5.76 Å². The van der Waals surface area contributed by atoms with Gasteiger partial charge in [-0.2, -0.15) is 0 Å². The smallest absolute Gasteiger partial charge is 0.208 e. The molecular weight excluding hydrogens is 244 g/mol. The summed E-state index contributed by atoms with van der Waals surface area (Å²) in [6, 6.07) is 8.57. The average Bonchev–Trinajstić information content (AvgIpc) is 2.87. The Labute approximate surface area is 112 Å². The highest BCUT2D eigenvalue weighted by Crippen LogP contribution is 2.14. The van der Waals surface area contributed by atoms with Crippen molar-refractivity contribution in [3.63, 3.8) is 0 Å². The maximum Gasteiger partial charge on any atom is 0.208 e. The molecule has 18 heavy (non-hydrogen) atoms. The molecule has 1 aromatic carbocycles. The molecule has 3 nitrogen and oxygen atoms in total. The van der Waals surface area contributed by atoms with Gasteiger partial charge in [0.05, 0.1) is 12.7 Å². The molecule has 0 saturated heterocycles. The number of nitrogens with one attached hydrogen (secondary N) is 1. The molecule has 0 aliphatic carbocycles. The second-order valence-corrected chi connectivity index (χ2v) is 4.91. The van der Waals surface area contributed by atoms with Gasteiger partial charge in [-0.15, -0.1) is 11.8 Å². The number of rotatable bonds is 6. The fourth-order valence-electron chi connectivity index (χ4n) is 1.65. The summed E-state index contributed by atoms with van der Waals surface area (Å²) < 4.78 is 5.53. The van der Waals surface area contributed by atoms with E-state index < -0.39 is 0 Å². The van der Waals surface area contributed by atoms with Crippen molar-refractivity contribution < 1.29 is 4.42 Å². The van der Waals surface area contributed by atoms with Crippen molar-refractivity contribution in [2.75, 3.05) is 6.26 Å². The molecule has 0 aliphatic heterocycles. The SMILES string of the molecule is CCc1cnc(CNCc2ccc(SC)cc2)o1. The van der Waals surface area contributed by atoms with Crippen LogP contribution < -0.4 is 5.32 Å². The molecule has 0 radical (unpaired) electrons. The molecule has 0 amide bonds. The normalized spacial score (nSPS) is 10.8. The van der Waals surface area contributed by atoms with E-state index >= 15 is 0 Å². The van der Waals surface area contributed by atoms with Gasteiger partial charge in [0.25, 0.3) is 0 Å². The van der Waals surface area contributed by atoms with Gasteiger partial charge in [-0.3, -0.25) is 0 Å². The summed E-state index contributed by atoms with van der Waals surface area (Å²) in [6.07, 6.45) is 4.77. The van der Waals surface area contributed by atoms with Crippen molar-refractivity contribution in [1.29, 1.82) is 0 Å². The van der Waals surface area contributed by atoms with Gasteiger partial charge in [-0.05, 0) is 24.0 Å². The second kappa shape index (κ2) is 6.61. The zero-order valence-electron chi connectivity index (χ0n) is 10.8. The molecule has 0 bridgehead atoms. The largest absolute Gasteiger partial charge is 0.444 e. The molecule has 0 unspecified atom stereocenters. The van der Waals surface area contributed by atoms with Crippen molar-refractivity contribution >= 4 is 11.8 Å². The van der Waals surface area contributed by atoms with E-state index in [2.05, 4.69) is 47.7 Å². The molecule has 1 heterocycles. The lowest BCUT2D eigenvalue weighted by atomic mass is 10.2. The molecule has 0 spiro atoms. The van der Waals surface area contributed by atoms with Crippen LogP contribution in [-0.2, 0) is 19.5 Å². The van der Waals surface area contributed by atoms with Gasteiger partial charge >= 0.3 is 0 Å². The Morgan fingerprint density at radius 2 is 2.00 bits per heavy atom. The predicted octanol–water partition coefficient (Wildman–Crippen LogP) is 3.25. The average molecular weight is 262 g/mol. The van der Waals surface area contributed by atoms with Crippen molar-refractivity contribution in [2.24, 2.45) is 0 Å². The quantitative estimate of drug-likeness (QED) is 0.811. The van der Waals surface area contributed by atoms with Crippen molar-refractivity contribution in [1.82, 2.24) is 10.3 Å². The van der Waals surface area contributed by atoms with Gasteiger partial charge in [-0.1, -0.05) is 19.1 Å². The zero-order chi connectivity index (χ0) is 12.8. The molecule has 2 rings (SSSR count). The van der Waals surface area contributed by atoms with E-state index in [1.165, 1.54) is 10.5 Å². The van der Waals surface area contributed by atoms with E-state index in [0.29, 0.717) is 6.54 Å². The Balaban J connectivity index is 1.80. The third-order valence-corrected chi connectivity index (χ3v) is 3.46. The first-order valence-corrected chi connectivity index (χ1v) is 7.31. The van der Waals surface area contributed by atoms with Crippen LogP contribution in [0.5, 0.6) is 0 Å². The highest BCUT2D eigenvalue weighted by atomic mass is 32.2. The number of aryl methyl sites for hydroxylation is 1. The Morgan fingerprint density at radius 3 is 2.61 bits per heavy atom. The minimum Gasteiger partial charge on any atom is -0.444 e. The topological polar surface area (TPSA) is 38.1 Å². The van der Waals surface area contributed by atoms with E-state index in [-0.39, 0.29) is 0 Å². The van der Waals surface area contributed by atoms with E-state index in [0.717, 1.165) is 24.6 Å². The maximum atomic E-state index is 5.53. The number of nitrogens with zero attached hydrogens (tertiary/aromatic N) is 1. The van der Waals surface area contributed by atoms with E-state index in [9.17, 15) is 0 Å². The van der Waals surface area contributed by atoms with Crippen molar-refractivity contribution in [3.05, 3.63) is 47.7 Å². The lowest BCUT2D eigenvalue weighted by molar-refractivity contribution is 0.439. The standard InChI is InChI=1S/C14H18N2OS/c1-3-12-9-16-14(17-12)10-15-8-11-4-6-13(18-2)7-5-11/h4-7,9,15H,3,8,10H2,1-2H3. The van der Waals surface area contributed by atoms with Crippen LogP contribution in [0, 0.1) is 0 Å². The number of benzene rings is 1. The fourth-order valence-corrected chi connectivity index (χ4v) is 2.06. The van der Waals surface area contributed by atoms with Crippen LogP contribution >= 0.6 is 11.8 Å². The zero-order valence-corrected chi connectivity index (χ0v) is 11.6. The third-order valence-electron chi connectivity index (χ3n) is 2.71. The Hall–Kier alpha value is -1.26. The van der Waals surface area contributed by atoms with Gasteiger partial charge < -0.3 is 9.73 Å². The maximum absolute atomic E-state index is 5.53. The first-order chi connectivity index (χ1) is 8.81. The molecule has 2 aromatic rings. The molecule has 96 valence electrons. The van der Waals surface area contributed by atoms with Crippen LogP contribution in [0.15, 0.2) is 39.8 Å². The number of hydrogen-bond donors (Lipinski definition) is 1. The number of oxazole rings is 1. The molecule has 0 fully saturated rings. The lowest BCUT2D eigenvalue weighted by Gasteiger charge is -2.03. The van der Waals surface area contributed by atoms with Crippen LogP contribution in [0.3, 0.4) is 0 Å². The van der Waals surface area contributed by atoms with Crippen molar-refractivity contribution in [2.45, 2.75) is 31.3 Å².